The van der Waals surface area contributed by atoms with E-state index < -0.39 is 14.4 Å². The summed E-state index contributed by atoms with van der Waals surface area (Å²) in [7, 11) is -2.75. The van der Waals surface area contributed by atoms with Gasteiger partial charge in [0.25, 0.3) is 5.91 Å². The van der Waals surface area contributed by atoms with Crippen LogP contribution in [0.25, 0.3) is 0 Å². The molecule has 1 saturated carbocycles. The van der Waals surface area contributed by atoms with Crippen molar-refractivity contribution >= 4 is 20.0 Å². The number of carbonyl (C=O) groups excluding carboxylic acids is 1. The number of hydrogen-bond donors (Lipinski definition) is 3. The van der Waals surface area contributed by atoms with Gasteiger partial charge in [-0.15, -0.1) is 9.42 Å². The maximum atomic E-state index is 12.2. The highest BCUT2D eigenvalue weighted by Crippen LogP contribution is 2.35. The third kappa shape index (κ3) is 5.27. The van der Waals surface area contributed by atoms with Crippen LogP contribution in [0.5, 0.6) is 5.88 Å². The summed E-state index contributed by atoms with van der Waals surface area (Å²) in [5.41, 5.74) is 0.498. The number of benzene rings is 1. The zero-order valence-electron chi connectivity index (χ0n) is 14.3. The number of rotatable bonds is 7. The van der Waals surface area contributed by atoms with Crippen molar-refractivity contribution in [1.82, 2.24) is 9.97 Å². The molecule has 4 atom stereocenters. The second-order valence-corrected chi connectivity index (χ2v) is 6.78. The molecule has 10 heteroatoms. The molecule has 0 aliphatic heterocycles. The number of nitrogens with zero attached hydrogens (tertiary/aromatic N) is 2. The minimum Gasteiger partial charge on any atom is -0.474 e. The highest BCUT2D eigenvalue weighted by molar-refractivity contribution is 7.32. The lowest BCUT2D eigenvalue weighted by molar-refractivity contribution is 0.102. The SMILES string of the molecule is O=C(Nc1cc(O[C@@H]2C[C@H](CO)[C@@H](O[P+](=O)O)C2)ncn1)c1ccccc1. The Labute approximate surface area is 156 Å². The van der Waals surface area contributed by atoms with Crippen LogP contribution in [0.2, 0.25) is 0 Å². The van der Waals surface area contributed by atoms with E-state index in [2.05, 4.69) is 15.3 Å². The lowest BCUT2D eigenvalue weighted by Gasteiger charge is -2.13. The number of nitrogens with one attached hydrogen (secondary N) is 1. The molecule has 142 valence electrons. The van der Waals surface area contributed by atoms with Crippen LogP contribution in [-0.2, 0) is 9.09 Å². The van der Waals surface area contributed by atoms with Crippen LogP contribution in [0.4, 0.5) is 5.82 Å². The standard InChI is InChI=1S/C17H18N3O6P/c21-9-12-6-13(7-14(12)26-27(23)24)25-16-8-15(18-10-19-16)20-17(22)11-4-2-1-3-5-11/h1-5,8,10,12-14,21H,6-7,9H2,(H-,18,19,20,22,23,24)/p+1/t12-,13-,14+/m1/s1. The molecule has 3 N–H and O–H groups in total. The maximum absolute atomic E-state index is 12.2. The van der Waals surface area contributed by atoms with Gasteiger partial charge in [-0.05, 0) is 18.6 Å². The predicted octanol–water partition coefficient (Wildman–Crippen LogP) is 1.91. The van der Waals surface area contributed by atoms with Gasteiger partial charge < -0.3 is 15.2 Å². The summed E-state index contributed by atoms with van der Waals surface area (Å²) >= 11 is 0. The highest BCUT2D eigenvalue weighted by atomic mass is 31.1. The topological polar surface area (TPSA) is 131 Å². The summed E-state index contributed by atoms with van der Waals surface area (Å²) in [4.78, 5) is 29.1. The monoisotopic (exact) mass is 392 g/mol. The summed E-state index contributed by atoms with van der Waals surface area (Å²) in [6, 6.07) is 10.2. The van der Waals surface area contributed by atoms with Crippen molar-refractivity contribution in [1.29, 1.82) is 0 Å². The minimum absolute atomic E-state index is 0.171. The fourth-order valence-electron chi connectivity index (χ4n) is 2.99. The molecule has 0 bridgehead atoms. The Kier molecular flexibility index (Phi) is 6.41. The van der Waals surface area contributed by atoms with E-state index in [1.807, 2.05) is 6.07 Å². The molecule has 0 radical (unpaired) electrons. The molecule has 3 rings (SSSR count). The molecule has 2 aromatic rings. The van der Waals surface area contributed by atoms with Crippen LogP contribution in [0.1, 0.15) is 23.2 Å². The third-order valence-electron chi connectivity index (χ3n) is 4.25. The second kappa shape index (κ2) is 8.96. The van der Waals surface area contributed by atoms with Gasteiger partial charge in [-0.2, -0.15) is 0 Å². The summed E-state index contributed by atoms with van der Waals surface area (Å²) in [6.07, 6.45) is 1.18. The van der Waals surface area contributed by atoms with Gasteiger partial charge in [-0.25, -0.2) is 9.97 Å². The Balaban J connectivity index is 1.62. The lowest BCUT2D eigenvalue weighted by Crippen LogP contribution is -2.18. The first-order chi connectivity index (χ1) is 13.0. The number of aliphatic hydroxyl groups excluding tert-OH is 1. The molecule has 27 heavy (non-hydrogen) atoms. The number of hydrogen-bond acceptors (Lipinski definition) is 7. The lowest BCUT2D eigenvalue weighted by atomic mass is 10.1. The van der Waals surface area contributed by atoms with E-state index in [-0.39, 0.29) is 36.2 Å². The first kappa shape index (κ1) is 19.3. The zero-order chi connectivity index (χ0) is 19.2. The zero-order valence-corrected chi connectivity index (χ0v) is 15.2. The number of aliphatic hydroxyl groups is 1. The molecule has 1 unspecified atom stereocenters. The third-order valence-corrected chi connectivity index (χ3v) is 4.70. The molecule has 1 aliphatic carbocycles. The number of anilines is 1. The number of aromatic nitrogens is 2. The van der Waals surface area contributed by atoms with E-state index in [1.54, 1.807) is 24.3 Å². The van der Waals surface area contributed by atoms with Gasteiger partial charge >= 0.3 is 8.25 Å². The minimum atomic E-state index is -2.75. The Morgan fingerprint density at radius 2 is 2.04 bits per heavy atom. The van der Waals surface area contributed by atoms with Gasteiger partial charge in [0.2, 0.25) is 5.88 Å². The quantitative estimate of drug-likeness (QED) is 0.609. The van der Waals surface area contributed by atoms with E-state index in [1.165, 1.54) is 12.4 Å². The molecule has 0 spiro atoms. The van der Waals surface area contributed by atoms with E-state index in [0.29, 0.717) is 18.4 Å². The molecule has 1 heterocycles. The van der Waals surface area contributed by atoms with Crippen LogP contribution in [0, 0.1) is 5.92 Å². The average Bonchev–Trinajstić information content (AvgIpc) is 3.03. The van der Waals surface area contributed by atoms with Crippen molar-refractivity contribution in [2.75, 3.05) is 11.9 Å². The summed E-state index contributed by atoms with van der Waals surface area (Å²) in [5, 5.41) is 12.1. The molecule has 1 aliphatic rings. The Hall–Kier alpha value is -2.45. The van der Waals surface area contributed by atoms with Crippen molar-refractivity contribution < 1.29 is 28.6 Å². The van der Waals surface area contributed by atoms with Crippen LogP contribution < -0.4 is 10.1 Å². The Morgan fingerprint density at radius 3 is 2.74 bits per heavy atom. The second-order valence-electron chi connectivity index (χ2n) is 6.10. The van der Waals surface area contributed by atoms with Gasteiger partial charge in [0.05, 0.1) is 0 Å². The molecular weight excluding hydrogens is 373 g/mol. The van der Waals surface area contributed by atoms with Crippen LogP contribution in [0.15, 0.2) is 42.7 Å². The van der Waals surface area contributed by atoms with Crippen LogP contribution in [-0.4, -0.2) is 44.7 Å². The molecule has 1 fully saturated rings. The normalized spacial score (nSPS) is 22.3. The molecule has 1 aromatic heterocycles. The molecule has 1 amide bonds. The number of ether oxygens (including phenoxy) is 1. The van der Waals surface area contributed by atoms with E-state index in [9.17, 15) is 14.5 Å². The van der Waals surface area contributed by atoms with Gasteiger partial charge in [0.1, 0.15) is 24.4 Å². The molecule has 1 aromatic carbocycles. The summed E-state index contributed by atoms with van der Waals surface area (Å²) in [5.74, 6) is -0.0530. The van der Waals surface area contributed by atoms with Crippen molar-refractivity contribution in [3.8, 4) is 5.88 Å². The summed E-state index contributed by atoms with van der Waals surface area (Å²) < 4.78 is 21.6. The molecular formula is C17H19N3O6P+. The van der Waals surface area contributed by atoms with E-state index in [4.69, 9.17) is 14.2 Å². The van der Waals surface area contributed by atoms with Crippen molar-refractivity contribution in [3.05, 3.63) is 48.3 Å². The predicted molar refractivity (Wildman–Crippen MR) is 95.4 cm³/mol. The summed E-state index contributed by atoms with van der Waals surface area (Å²) in [6.45, 7) is -0.171. The fourth-order valence-corrected chi connectivity index (χ4v) is 3.48. The smallest absolute Gasteiger partial charge is 0.474 e. The molecule has 9 nitrogen and oxygen atoms in total. The van der Waals surface area contributed by atoms with Gasteiger partial charge in [-0.1, -0.05) is 18.2 Å². The Morgan fingerprint density at radius 1 is 1.26 bits per heavy atom. The van der Waals surface area contributed by atoms with E-state index >= 15 is 0 Å². The van der Waals surface area contributed by atoms with E-state index in [0.717, 1.165) is 0 Å². The number of carbonyl (C=O) groups is 1. The fraction of sp³-hybridized carbons (Fsp3) is 0.353. The largest absolute Gasteiger partial charge is 0.695 e. The van der Waals surface area contributed by atoms with Crippen molar-refractivity contribution in [2.45, 2.75) is 25.0 Å². The average molecular weight is 392 g/mol. The van der Waals surface area contributed by atoms with Crippen LogP contribution >= 0.6 is 8.25 Å². The Bertz CT molecular complexity index is 806. The van der Waals surface area contributed by atoms with Crippen LogP contribution in [0.3, 0.4) is 0 Å². The molecule has 0 saturated heterocycles. The first-order valence-corrected chi connectivity index (χ1v) is 9.47. The first-order valence-electron chi connectivity index (χ1n) is 8.34. The van der Waals surface area contributed by atoms with Crippen molar-refractivity contribution in [2.24, 2.45) is 5.92 Å². The highest BCUT2D eigenvalue weighted by Gasteiger charge is 2.41. The number of amides is 1. The van der Waals surface area contributed by atoms with Crippen molar-refractivity contribution in [3.63, 3.8) is 0 Å². The van der Waals surface area contributed by atoms with Gasteiger partial charge in [0.15, 0.2) is 0 Å². The van der Waals surface area contributed by atoms with Gasteiger partial charge in [0, 0.05) is 35.1 Å². The van der Waals surface area contributed by atoms with Gasteiger partial charge in [-0.3, -0.25) is 4.79 Å². The maximum Gasteiger partial charge on any atom is 0.695 e.